The zero-order valence-corrected chi connectivity index (χ0v) is 19.3. The first-order chi connectivity index (χ1) is 16.7. The van der Waals surface area contributed by atoms with E-state index in [-0.39, 0.29) is 11.8 Å². The summed E-state index contributed by atoms with van der Waals surface area (Å²) in [6.45, 7) is 3.37. The molecule has 1 aliphatic rings. The molecule has 174 valence electrons. The SMILES string of the molecule is COc1ccc([C@@H]([C@H](O)C(=O)c2c[nH]c3ccccc23)[NH+]2CCN(c3ccccc3)CC2)cc1. The number of ketones is 1. The molecular weight excluding hydrogens is 426 g/mol. The van der Waals surface area contributed by atoms with Crippen LogP contribution in [0.15, 0.2) is 85.1 Å². The fraction of sp³-hybridized carbons (Fsp3) is 0.250. The molecule has 0 bridgehead atoms. The monoisotopic (exact) mass is 456 g/mol. The molecule has 1 aromatic heterocycles. The Morgan fingerprint density at radius 3 is 2.35 bits per heavy atom. The van der Waals surface area contributed by atoms with E-state index < -0.39 is 6.10 Å². The number of hydrogen-bond acceptors (Lipinski definition) is 4. The number of carbonyl (C=O) groups is 1. The summed E-state index contributed by atoms with van der Waals surface area (Å²) in [6, 6.07) is 25.4. The topological polar surface area (TPSA) is 70.0 Å². The molecule has 1 saturated heterocycles. The predicted octanol–water partition coefficient (Wildman–Crippen LogP) is 2.87. The summed E-state index contributed by atoms with van der Waals surface area (Å²) in [6.07, 6.45) is 0.551. The van der Waals surface area contributed by atoms with Crippen LogP contribution in [-0.4, -0.2) is 55.3 Å². The number of anilines is 1. The van der Waals surface area contributed by atoms with E-state index in [1.165, 1.54) is 10.6 Å². The molecule has 0 amide bonds. The van der Waals surface area contributed by atoms with Crippen LogP contribution >= 0.6 is 0 Å². The molecule has 1 aliphatic heterocycles. The number of para-hydroxylation sites is 2. The first-order valence-corrected chi connectivity index (χ1v) is 11.7. The van der Waals surface area contributed by atoms with Crippen molar-refractivity contribution in [2.45, 2.75) is 12.1 Å². The maximum Gasteiger partial charge on any atom is 0.199 e. The number of quaternary nitrogens is 1. The van der Waals surface area contributed by atoms with E-state index in [4.69, 9.17) is 4.74 Å². The van der Waals surface area contributed by atoms with Gasteiger partial charge in [0, 0.05) is 33.9 Å². The highest BCUT2D eigenvalue weighted by Crippen LogP contribution is 2.25. The van der Waals surface area contributed by atoms with E-state index in [0.29, 0.717) is 5.56 Å². The van der Waals surface area contributed by atoms with Crippen LogP contribution in [0.4, 0.5) is 5.69 Å². The van der Waals surface area contributed by atoms with Crippen LogP contribution in [0, 0.1) is 0 Å². The number of methoxy groups -OCH3 is 1. The highest BCUT2D eigenvalue weighted by Gasteiger charge is 2.39. The Labute approximate surface area is 199 Å². The Morgan fingerprint density at radius 1 is 0.971 bits per heavy atom. The predicted molar refractivity (Wildman–Crippen MR) is 134 cm³/mol. The number of H-pyrrole nitrogens is 1. The molecule has 0 unspecified atom stereocenters. The van der Waals surface area contributed by atoms with Crippen LogP contribution in [0.2, 0.25) is 0 Å². The van der Waals surface area contributed by atoms with Gasteiger partial charge in [0.05, 0.1) is 33.3 Å². The second kappa shape index (κ2) is 9.71. The van der Waals surface area contributed by atoms with Crippen LogP contribution in [-0.2, 0) is 0 Å². The van der Waals surface area contributed by atoms with Crippen LogP contribution in [0.1, 0.15) is 22.0 Å². The van der Waals surface area contributed by atoms with E-state index >= 15 is 0 Å². The number of Topliss-reactive ketones (excluding diaryl/α,β-unsaturated/α-hetero) is 1. The van der Waals surface area contributed by atoms with Gasteiger partial charge in [0.1, 0.15) is 11.8 Å². The number of nitrogens with one attached hydrogen (secondary N) is 2. The normalized spacial score (nSPS) is 16.4. The van der Waals surface area contributed by atoms with Crippen LogP contribution in [0.5, 0.6) is 5.75 Å². The second-order valence-electron chi connectivity index (χ2n) is 8.79. The van der Waals surface area contributed by atoms with Gasteiger partial charge in [-0.3, -0.25) is 4.79 Å². The minimum Gasteiger partial charge on any atom is -0.497 e. The molecule has 2 heterocycles. The number of aromatic amines is 1. The lowest BCUT2D eigenvalue weighted by atomic mass is 9.92. The van der Waals surface area contributed by atoms with Crippen LogP contribution in [0.3, 0.4) is 0 Å². The number of fused-ring (bicyclic) bond motifs is 1. The summed E-state index contributed by atoms with van der Waals surface area (Å²) >= 11 is 0. The molecule has 34 heavy (non-hydrogen) atoms. The fourth-order valence-electron chi connectivity index (χ4n) is 5.04. The van der Waals surface area contributed by atoms with Gasteiger partial charge in [-0.05, 0) is 42.5 Å². The van der Waals surface area contributed by atoms with E-state index in [0.717, 1.165) is 48.4 Å². The Kier molecular flexibility index (Phi) is 6.34. The minimum atomic E-state index is -1.16. The van der Waals surface area contributed by atoms with Crippen LogP contribution < -0.4 is 14.5 Å². The number of aliphatic hydroxyl groups is 1. The Balaban J connectivity index is 1.43. The smallest absolute Gasteiger partial charge is 0.199 e. The van der Waals surface area contributed by atoms with Crippen molar-refractivity contribution < 1.29 is 19.5 Å². The molecule has 1 fully saturated rings. The Bertz CT molecular complexity index is 1240. The number of nitrogens with zero attached hydrogens (tertiary/aromatic N) is 1. The first kappa shape index (κ1) is 22.2. The number of ether oxygens (including phenoxy) is 1. The first-order valence-electron chi connectivity index (χ1n) is 11.7. The van der Waals surface area contributed by atoms with Crippen LogP contribution in [0.25, 0.3) is 10.9 Å². The van der Waals surface area contributed by atoms with Gasteiger partial charge in [0.15, 0.2) is 11.9 Å². The largest absolute Gasteiger partial charge is 0.497 e. The number of carbonyl (C=O) groups excluding carboxylic acids is 1. The van der Waals surface area contributed by atoms with Gasteiger partial charge < -0.3 is 24.6 Å². The molecule has 3 aromatic carbocycles. The number of benzene rings is 3. The third-order valence-corrected chi connectivity index (χ3v) is 6.88. The summed E-state index contributed by atoms with van der Waals surface area (Å²) in [7, 11) is 1.63. The van der Waals surface area contributed by atoms with E-state index in [9.17, 15) is 9.90 Å². The van der Waals surface area contributed by atoms with E-state index in [1.54, 1.807) is 13.3 Å². The standard InChI is InChI=1S/C28H29N3O3/c1-34-22-13-11-20(12-14-22)26(31-17-15-30(16-18-31)21-7-3-2-4-8-21)28(33)27(32)24-19-29-25-10-6-5-9-23(24)25/h2-14,19,26,28-29,33H,15-18H2,1H3/p+1/t26-,28-/m0/s1. The summed E-state index contributed by atoms with van der Waals surface area (Å²) in [4.78, 5) is 20.3. The molecule has 0 saturated carbocycles. The molecule has 4 aromatic rings. The van der Waals surface area contributed by atoms with Gasteiger partial charge in [-0.25, -0.2) is 0 Å². The zero-order valence-electron chi connectivity index (χ0n) is 19.3. The molecule has 3 N–H and O–H groups in total. The van der Waals surface area contributed by atoms with Crippen molar-refractivity contribution in [2.24, 2.45) is 0 Å². The minimum absolute atomic E-state index is 0.253. The fourth-order valence-corrected chi connectivity index (χ4v) is 5.04. The van der Waals surface area contributed by atoms with Gasteiger partial charge in [-0.2, -0.15) is 0 Å². The Hall–Kier alpha value is -3.61. The molecule has 0 aliphatic carbocycles. The van der Waals surface area contributed by atoms with Gasteiger partial charge in [0.25, 0.3) is 0 Å². The van der Waals surface area contributed by atoms with Crippen molar-refractivity contribution in [1.29, 1.82) is 0 Å². The van der Waals surface area contributed by atoms with Crippen molar-refractivity contribution in [2.75, 3.05) is 38.2 Å². The highest BCUT2D eigenvalue weighted by atomic mass is 16.5. The van der Waals surface area contributed by atoms with Crippen molar-refractivity contribution in [3.63, 3.8) is 0 Å². The second-order valence-corrected chi connectivity index (χ2v) is 8.79. The number of rotatable bonds is 7. The summed E-state index contributed by atoms with van der Waals surface area (Å²) in [5, 5.41) is 12.3. The summed E-state index contributed by atoms with van der Waals surface area (Å²) in [5.74, 6) is 0.500. The average Bonchev–Trinajstić information content (AvgIpc) is 3.34. The lowest BCUT2D eigenvalue weighted by molar-refractivity contribution is -0.934. The molecule has 6 heteroatoms. The molecule has 0 spiro atoms. The number of aliphatic hydroxyl groups excluding tert-OH is 1. The van der Waals surface area contributed by atoms with E-state index in [1.807, 2.05) is 54.6 Å². The molecule has 2 atom stereocenters. The Morgan fingerprint density at radius 2 is 1.65 bits per heavy atom. The van der Waals surface area contributed by atoms with Crippen molar-refractivity contribution in [1.82, 2.24) is 4.98 Å². The summed E-state index contributed by atoms with van der Waals surface area (Å²) < 4.78 is 5.33. The maximum absolute atomic E-state index is 13.6. The number of aromatic nitrogens is 1. The average molecular weight is 457 g/mol. The third-order valence-electron chi connectivity index (χ3n) is 6.88. The molecule has 0 radical (unpaired) electrons. The quantitative estimate of drug-likeness (QED) is 0.374. The summed E-state index contributed by atoms with van der Waals surface area (Å²) in [5.41, 5.74) is 3.56. The van der Waals surface area contributed by atoms with Gasteiger partial charge >= 0.3 is 0 Å². The van der Waals surface area contributed by atoms with Gasteiger partial charge in [-0.1, -0.05) is 36.4 Å². The van der Waals surface area contributed by atoms with Crippen molar-refractivity contribution >= 4 is 22.4 Å². The lowest BCUT2D eigenvalue weighted by Crippen LogP contribution is -3.16. The number of hydrogen-bond donors (Lipinski definition) is 3. The van der Waals surface area contributed by atoms with Crippen molar-refractivity contribution in [3.05, 3.63) is 96.2 Å². The highest BCUT2D eigenvalue weighted by molar-refractivity contribution is 6.10. The maximum atomic E-state index is 13.6. The third kappa shape index (κ3) is 4.30. The van der Waals surface area contributed by atoms with E-state index in [2.05, 4.69) is 34.1 Å². The lowest BCUT2D eigenvalue weighted by Gasteiger charge is -2.39. The molecular formula is C28H30N3O3+. The van der Waals surface area contributed by atoms with Crippen molar-refractivity contribution in [3.8, 4) is 5.75 Å². The van der Waals surface area contributed by atoms with Gasteiger partial charge in [-0.15, -0.1) is 0 Å². The molecule has 6 nitrogen and oxygen atoms in total. The number of piperazine rings is 1. The van der Waals surface area contributed by atoms with Gasteiger partial charge in [0.2, 0.25) is 0 Å². The molecule has 5 rings (SSSR count). The zero-order chi connectivity index (χ0) is 23.5.